The molecule has 1 aliphatic heterocycles. The molecule has 0 spiro atoms. The summed E-state index contributed by atoms with van der Waals surface area (Å²) < 4.78 is 0. The zero-order valence-corrected chi connectivity index (χ0v) is 28.7. The van der Waals surface area contributed by atoms with Crippen molar-refractivity contribution in [3.05, 3.63) is 24.3 Å². The molecule has 262 valence electrons. The monoisotopic (exact) mass is 665 g/mol. The summed E-state index contributed by atoms with van der Waals surface area (Å²) in [4.78, 5) is 91.4. The second-order valence-corrected chi connectivity index (χ2v) is 15.2. The third kappa shape index (κ3) is 7.86. The zero-order chi connectivity index (χ0) is 34.6. The van der Waals surface area contributed by atoms with Crippen LogP contribution in [0.25, 0.3) is 0 Å². The van der Waals surface area contributed by atoms with E-state index < -0.39 is 58.5 Å². The minimum atomic E-state index is -1.23. The second-order valence-electron chi connectivity index (χ2n) is 15.2. The maximum Gasteiger partial charge on any atom is 0.289 e. The highest BCUT2D eigenvalue weighted by Crippen LogP contribution is 2.43. The maximum absolute atomic E-state index is 14.6. The van der Waals surface area contributed by atoms with Crippen LogP contribution in [0.15, 0.2) is 18.6 Å². The zero-order valence-electron chi connectivity index (χ0n) is 28.7. The third-order valence-corrected chi connectivity index (χ3v) is 10.5. The Balaban J connectivity index is 1.36. The smallest absolute Gasteiger partial charge is 0.289 e. The fourth-order valence-electron chi connectivity index (χ4n) is 7.67. The highest BCUT2D eigenvalue weighted by atomic mass is 16.2. The number of likely N-dealkylation sites (tertiary alicyclic amines) is 1. The molecule has 3 aliphatic carbocycles. The molecule has 1 unspecified atom stereocenters. The van der Waals surface area contributed by atoms with Crippen molar-refractivity contribution in [1.29, 1.82) is 0 Å². The molecule has 4 N–H and O–H groups in total. The molecule has 0 bridgehead atoms. The number of ketones is 1. The van der Waals surface area contributed by atoms with E-state index in [1.165, 1.54) is 18.6 Å². The van der Waals surface area contributed by atoms with Gasteiger partial charge in [-0.1, -0.05) is 59.8 Å². The lowest BCUT2D eigenvalue weighted by molar-refractivity contribution is -0.146. The fraction of sp³-hybridized carbons (Fsp3) is 0.714. The molecule has 2 heterocycles. The molecule has 1 aromatic rings. The van der Waals surface area contributed by atoms with Crippen LogP contribution in [0.3, 0.4) is 0 Å². The standard InChI is InChI=1S/C35H51N7O6/c1-5-10-24(27(43)31(46)38-22-13-14-22)39-30(45)26-23-12-9-11-21(23)20-42(26)32(47)28(34(2,3)4)40-33(48)35(15-7-6-8-16-35)41-29(44)25-19-36-17-18-37-25/h17-19,21-24,26,28H,5-16,20H2,1-4H3,(H,38,46)(H,39,45)(H,40,48)(H,41,44)/t21-,23-,24-,26?,28+/m0/s1. The maximum atomic E-state index is 14.6. The number of nitrogens with zero attached hydrogens (tertiary/aromatic N) is 3. The highest BCUT2D eigenvalue weighted by molar-refractivity contribution is 6.38. The van der Waals surface area contributed by atoms with Crippen molar-refractivity contribution in [2.45, 2.75) is 134 Å². The van der Waals surface area contributed by atoms with E-state index in [1.807, 2.05) is 27.7 Å². The Kier molecular flexibility index (Phi) is 10.8. The molecule has 4 aliphatic rings. The fourth-order valence-corrected chi connectivity index (χ4v) is 7.67. The van der Waals surface area contributed by atoms with Crippen LogP contribution in [0.1, 0.15) is 115 Å². The molecule has 1 saturated heterocycles. The summed E-state index contributed by atoms with van der Waals surface area (Å²) in [5.74, 6) is -3.09. The largest absolute Gasteiger partial charge is 0.347 e. The van der Waals surface area contributed by atoms with E-state index in [9.17, 15) is 28.8 Å². The lowest BCUT2D eigenvalue weighted by Gasteiger charge is -2.41. The van der Waals surface area contributed by atoms with Gasteiger partial charge in [0.15, 0.2) is 0 Å². The summed E-state index contributed by atoms with van der Waals surface area (Å²) in [6.07, 6.45) is 12.6. The van der Waals surface area contributed by atoms with E-state index in [1.54, 1.807) is 4.90 Å². The Morgan fingerprint density at radius 2 is 1.69 bits per heavy atom. The Bertz CT molecular complexity index is 1390. The van der Waals surface area contributed by atoms with Crippen molar-refractivity contribution in [3.63, 3.8) is 0 Å². The lowest BCUT2D eigenvalue weighted by atomic mass is 9.79. The number of fused-ring (bicyclic) bond motifs is 1. The number of rotatable bonds is 12. The summed E-state index contributed by atoms with van der Waals surface area (Å²) in [5.41, 5.74) is -1.87. The number of Topliss-reactive ketones (excluding diaryl/α,β-unsaturated/α-hetero) is 1. The van der Waals surface area contributed by atoms with Gasteiger partial charge in [0.05, 0.1) is 12.2 Å². The van der Waals surface area contributed by atoms with Gasteiger partial charge in [-0.15, -0.1) is 0 Å². The van der Waals surface area contributed by atoms with E-state index in [2.05, 4.69) is 31.2 Å². The van der Waals surface area contributed by atoms with Gasteiger partial charge < -0.3 is 26.2 Å². The average Bonchev–Trinajstić information content (AvgIpc) is 3.63. The Morgan fingerprint density at radius 3 is 2.31 bits per heavy atom. The second kappa shape index (κ2) is 14.7. The van der Waals surface area contributed by atoms with E-state index in [0.717, 1.165) is 51.4 Å². The van der Waals surface area contributed by atoms with Gasteiger partial charge in [-0.3, -0.25) is 33.8 Å². The van der Waals surface area contributed by atoms with Gasteiger partial charge in [-0.05, 0) is 62.2 Å². The number of nitrogens with one attached hydrogen (secondary N) is 4. The van der Waals surface area contributed by atoms with Gasteiger partial charge in [0.1, 0.15) is 23.3 Å². The van der Waals surface area contributed by atoms with Gasteiger partial charge in [0.2, 0.25) is 23.5 Å². The number of aromatic nitrogens is 2. The van der Waals surface area contributed by atoms with Crippen molar-refractivity contribution in [2.24, 2.45) is 17.3 Å². The van der Waals surface area contributed by atoms with Crippen LogP contribution in [0.5, 0.6) is 0 Å². The topological polar surface area (TPSA) is 180 Å². The minimum absolute atomic E-state index is 0.0132. The molecule has 48 heavy (non-hydrogen) atoms. The molecule has 0 aromatic carbocycles. The number of hydrogen-bond acceptors (Lipinski definition) is 8. The molecule has 5 amide bonds. The predicted octanol–water partition coefficient (Wildman–Crippen LogP) is 2.20. The summed E-state index contributed by atoms with van der Waals surface area (Å²) in [5, 5.41) is 11.5. The van der Waals surface area contributed by atoms with Crippen LogP contribution in [-0.2, 0) is 24.0 Å². The first-order valence-electron chi connectivity index (χ1n) is 17.7. The summed E-state index contributed by atoms with van der Waals surface area (Å²) in [6.45, 7) is 7.84. The van der Waals surface area contributed by atoms with E-state index >= 15 is 0 Å². The number of carbonyl (C=O) groups excluding carboxylic acids is 6. The van der Waals surface area contributed by atoms with Crippen molar-refractivity contribution in [2.75, 3.05) is 6.54 Å². The molecule has 5 atom stereocenters. The lowest BCUT2D eigenvalue weighted by Crippen LogP contribution is -2.65. The van der Waals surface area contributed by atoms with Crippen LogP contribution >= 0.6 is 0 Å². The van der Waals surface area contributed by atoms with Crippen LogP contribution in [0.4, 0.5) is 0 Å². The molecule has 13 nitrogen and oxygen atoms in total. The molecular formula is C35H51N7O6. The van der Waals surface area contributed by atoms with Crippen LogP contribution in [0, 0.1) is 17.3 Å². The first-order valence-corrected chi connectivity index (χ1v) is 17.7. The van der Waals surface area contributed by atoms with Crippen molar-refractivity contribution >= 4 is 35.3 Å². The van der Waals surface area contributed by atoms with Gasteiger partial charge in [-0.2, -0.15) is 0 Å². The number of hydrogen-bond donors (Lipinski definition) is 4. The molecule has 0 radical (unpaired) electrons. The van der Waals surface area contributed by atoms with Crippen molar-refractivity contribution in [3.8, 4) is 0 Å². The summed E-state index contributed by atoms with van der Waals surface area (Å²) in [6, 6.07) is -2.80. The number of carbonyl (C=O) groups is 6. The predicted molar refractivity (Wildman–Crippen MR) is 176 cm³/mol. The number of amides is 5. The normalized spacial score (nSPS) is 24.5. The molecule has 5 rings (SSSR count). The van der Waals surface area contributed by atoms with Crippen molar-refractivity contribution < 1.29 is 28.8 Å². The Hall–Kier alpha value is -3.90. The Morgan fingerprint density at radius 1 is 0.958 bits per heavy atom. The van der Waals surface area contributed by atoms with Gasteiger partial charge >= 0.3 is 0 Å². The third-order valence-electron chi connectivity index (χ3n) is 10.5. The Labute approximate surface area is 282 Å². The molecule has 1 aromatic heterocycles. The van der Waals surface area contributed by atoms with Crippen LogP contribution in [0.2, 0.25) is 0 Å². The van der Waals surface area contributed by atoms with E-state index in [4.69, 9.17) is 0 Å². The minimum Gasteiger partial charge on any atom is -0.347 e. The van der Waals surface area contributed by atoms with Gasteiger partial charge in [0, 0.05) is 25.0 Å². The molecule has 13 heteroatoms. The molecule has 4 fully saturated rings. The molecule has 3 saturated carbocycles. The van der Waals surface area contributed by atoms with Gasteiger partial charge in [-0.25, -0.2) is 4.98 Å². The SMILES string of the molecule is CCC[C@H](NC(=O)C1[C@H]2CCC[C@H]2CN1C(=O)[C@@H](NC(=O)C1(NC(=O)c2cnccn2)CCCCC1)C(C)(C)C)C(=O)C(=O)NC1CC1. The summed E-state index contributed by atoms with van der Waals surface area (Å²) in [7, 11) is 0. The average molecular weight is 666 g/mol. The van der Waals surface area contributed by atoms with Crippen LogP contribution < -0.4 is 21.3 Å². The van der Waals surface area contributed by atoms with Gasteiger partial charge in [0.25, 0.3) is 11.8 Å². The van der Waals surface area contributed by atoms with E-state index in [-0.39, 0.29) is 29.5 Å². The quantitative estimate of drug-likeness (QED) is 0.245. The van der Waals surface area contributed by atoms with Crippen molar-refractivity contribution in [1.82, 2.24) is 36.1 Å². The first kappa shape index (κ1) is 35.4. The van der Waals surface area contributed by atoms with Crippen LogP contribution in [-0.4, -0.2) is 86.4 Å². The molecular weight excluding hydrogens is 614 g/mol. The summed E-state index contributed by atoms with van der Waals surface area (Å²) >= 11 is 0. The highest BCUT2D eigenvalue weighted by Gasteiger charge is 2.53. The first-order chi connectivity index (χ1) is 22.8. The van der Waals surface area contributed by atoms with E-state index in [0.29, 0.717) is 32.2 Å².